The Bertz CT molecular complexity index is 706. The Labute approximate surface area is 137 Å². The molecule has 0 fully saturated rings. The molecule has 3 nitrogen and oxygen atoms in total. The van der Waals surface area contributed by atoms with Crippen molar-refractivity contribution < 1.29 is 4.79 Å². The summed E-state index contributed by atoms with van der Waals surface area (Å²) in [6.07, 6.45) is 0. The van der Waals surface area contributed by atoms with Crippen LogP contribution in [-0.4, -0.2) is 30.7 Å². The highest BCUT2D eigenvalue weighted by Crippen LogP contribution is 2.52. The monoisotopic (exact) mass is 306 g/mol. The zero-order chi connectivity index (χ0) is 16.7. The maximum absolute atomic E-state index is 13.2. The first kappa shape index (κ1) is 15.5. The fraction of sp³-hybridized carbons (Fsp3) is 0.300. The van der Waals surface area contributed by atoms with Gasteiger partial charge in [-0.25, -0.2) is 0 Å². The van der Waals surface area contributed by atoms with Gasteiger partial charge < -0.3 is 4.90 Å². The van der Waals surface area contributed by atoms with E-state index in [1.807, 2.05) is 79.7 Å². The molecule has 1 aliphatic heterocycles. The molecule has 1 aliphatic rings. The van der Waals surface area contributed by atoms with Crippen LogP contribution in [0.5, 0.6) is 0 Å². The normalized spacial score (nSPS) is 18.6. The first-order chi connectivity index (χ1) is 10.9. The van der Waals surface area contributed by atoms with E-state index in [0.29, 0.717) is 0 Å². The standard InChI is InChI=1S/C20H22N2O/c1-19(2)17(22(3)4)21-18(23)20(19,15-11-7-5-8-12-15)16-13-9-6-10-14-16/h5-14H,1-4H3. The fourth-order valence-corrected chi connectivity index (χ4v) is 3.93. The van der Waals surface area contributed by atoms with Crippen molar-refractivity contribution in [2.75, 3.05) is 14.1 Å². The largest absolute Gasteiger partial charge is 0.366 e. The summed E-state index contributed by atoms with van der Waals surface area (Å²) < 4.78 is 0. The molecule has 0 atom stereocenters. The summed E-state index contributed by atoms with van der Waals surface area (Å²) in [4.78, 5) is 19.6. The van der Waals surface area contributed by atoms with Crippen LogP contribution in [-0.2, 0) is 10.2 Å². The minimum absolute atomic E-state index is 0.0939. The minimum atomic E-state index is -0.797. The van der Waals surface area contributed by atoms with Crippen LogP contribution in [0.15, 0.2) is 65.7 Å². The summed E-state index contributed by atoms with van der Waals surface area (Å²) in [5.41, 5.74) is 0.731. The topological polar surface area (TPSA) is 32.7 Å². The van der Waals surface area contributed by atoms with Gasteiger partial charge in [0.15, 0.2) is 0 Å². The van der Waals surface area contributed by atoms with E-state index in [4.69, 9.17) is 0 Å². The van der Waals surface area contributed by atoms with E-state index in [1.54, 1.807) is 0 Å². The lowest BCUT2D eigenvalue weighted by Gasteiger charge is -2.42. The first-order valence-electron chi connectivity index (χ1n) is 7.84. The Morgan fingerprint density at radius 1 is 0.826 bits per heavy atom. The third-order valence-corrected chi connectivity index (χ3v) is 4.86. The van der Waals surface area contributed by atoms with Crippen molar-refractivity contribution in [3.8, 4) is 0 Å². The molecule has 0 aliphatic carbocycles. The van der Waals surface area contributed by atoms with Crippen LogP contribution in [0.2, 0.25) is 0 Å². The van der Waals surface area contributed by atoms with Gasteiger partial charge in [0, 0.05) is 19.5 Å². The molecular weight excluding hydrogens is 284 g/mol. The van der Waals surface area contributed by atoms with E-state index in [-0.39, 0.29) is 5.91 Å². The number of carbonyl (C=O) groups excluding carboxylic acids is 1. The Kier molecular flexibility index (Phi) is 3.59. The number of nitrogens with zero attached hydrogens (tertiary/aromatic N) is 2. The highest BCUT2D eigenvalue weighted by Gasteiger charge is 2.60. The number of hydrogen-bond acceptors (Lipinski definition) is 2. The van der Waals surface area contributed by atoms with Crippen LogP contribution in [0.4, 0.5) is 0 Å². The molecule has 0 spiro atoms. The second-order valence-corrected chi connectivity index (χ2v) is 6.74. The van der Waals surface area contributed by atoms with E-state index in [1.165, 1.54) is 0 Å². The van der Waals surface area contributed by atoms with Gasteiger partial charge in [-0.1, -0.05) is 74.5 Å². The van der Waals surface area contributed by atoms with Crippen molar-refractivity contribution in [2.45, 2.75) is 19.3 Å². The predicted octanol–water partition coefficient (Wildman–Crippen LogP) is 3.50. The lowest BCUT2D eigenvalue weighted by atomic mass is 9.58. The van der Waals surface area contributed by atoms with Crippen molar-refractivity contribution in [1.82, 2.24) is 4.90 Å². The molecule has 1 heterocycles. The van der Waals surface area contributed by atoms with E-state index in [0.717, 1.165) is 17.0 Å². The van der Waals surface area contributed by atoms with Crippen molar-refractivity contribution in [3.63, 3.8) is 0 Å². The van der Waals surface area contributed by atoms with Gasteiger partial charge in [-0.2, -0.15) is 4.99 Å². The first-order valence-corrected chi connectivity index (χ1v) is 7.84. The van der Waals surface area contributed by atoms with Crippen molar-refractivity contribution in [1.29, 1.82) is 0 Å². The molecule has 0 bridgehead atoms. The van der Waals surface area contributed by atoms with Gasteiger partial charge in [-0.3, -0.25) is 4.79 Å². The Morgan fingerprint density at radius 2 is 1.26 bits per heavy atom. The molecule has 0 N–H and O–H groups in total. The molecule has 0 aromatic heterocycles. The van der Waals surface area contributed by atoms with Gasteiger partial charge in [0.25, 0.3) is 5.91 Å². The summed E-state index contributed by atoms with van der Waals surface area (Å²) in [5.74, 6) is 0.721. The molecule has 23 heavy (non-hydrogen) atoms. The van der Waals surface area contributed by atoms with E-state index >= 15 is 0 Å². The summed E-state index contributed by atoms with van der Waals surface area (Å²) >= 11 is 0. The molecule has 3 rings (SSSR count). The van der Waals surface area contributed by atoms with Crippen LogP contribution >= 0.6 is 0 Å². The third-order valence-electron chi connectivity index (χ3n) is 4.86. The second kappa shape index (κ2) is 5.34. The van der Waals surface area contributed by atoms with Crippen molar-refractivity contribution >= 4 is 11.7 Å². The molecule has 0 saturated carbocycles. The van der Waals surface area contributed by atoms with Gasteiger partial charge in [0.2, 0.25) is 0 Å². The van der Waals surface area contributed by atoms with Crippen molar-refractivity contribution in [2.24, 2.45) is 10.4 Å². The molecule has 2 aromatic rings. The zero-order valence-electron chi connectivity index (χ0n) is 14.1. The van der Waals surface area contributed by atoms with Crippen LogP contribution in [0.25, 0.3) is 0 Å². The predicted molar refractivity (Wildman–Crippen MR) is 93.6 cm³/mol. The fourth-order valence-electron chi connectivity index (χ4n) is 3.93. The smallest absolute Gasteiger partial charge is 0.263 e. The SMILES string of the molecule is CN(C)C1=NC(=O)C(c2ccccc2)(c2ccccc2)C1(C)C. The minimum Gasteiger partial charge on any atom is -0.366 e. The number of hydrogen-bond donors (Lipinski definition) is 0. The highest BCUT2D eigenvalue weighted by molar-refractivity contribution is 6.13. The van der Waals surface area contributed by atoms with Crippen molar-refractivity contribution in [3.05, 3.63) is 71.8 Å². The van der Waals surface area contributed by atoms with Gasteiger partial charge in [0.1, 0.15) is 11.3 Å². The second-order valence-electron chi connectivity index (χ2n) is 6.74. The maximum atomic E-state index is 13.2. The van der Waals surface area contributed by atoms with Crippen LogP contribution in [0, 0.1) is 5.41 Å². The molecule has 0 unspecified atom stereocenters. The van der Waals surface area contributed by atoms with Gasteiger partial charge >= 0.3 is 0 Å². The molecule has 2 aromatic carbocycles. The molecular formula is C20H22N2O. The number of amidine groups is 1. The molecule has 0 radical (unpaired) electrons. The van der Waals surface area contributed by atoms with Gasteiger partial charge in [0.05, 0.1) is 0 Å². The Morgan fingerprint density at radius 3 is 1.61 bits per heavy atom. The zero-order valence-corrected chi connectivity index (χ0v) is 14.1. The lowest BCUT2D eigenvalue weighted by molar-refractivity contribution is -0.122. The number of rotatable bonds is 2. The highest BCUT2D eigenvalue weighted by atomic mass is 16.2. The number of benzene rings is 2. The van der Waals surface area contributed by atoms with Gasteiger partial charge in [-0.05, 0) is 11.1 Å². The molecule has 3 heteroatoms. The van der Waals surface area contributed by atoms with Crippen LogP contribution in [0.3, 0.4) is 0 Å². The summed E-state index contributed by atoms with van der Waals surface area (Å²) in [6.45, 7) is 4.22. The Hall–Kier alpha value is -2.42. The van der Waals surface area contributed by atoms with Crippen LogP contribution < -0.4 is 0 Å². The van der Waals surface area contributed by atoms with Crippen LogP contribution in [0.1, 0.15) is 25.0 Å². The average Bonchev–Trinajstić information content (AvgIpc) is 2.76. The third kappa shape index (κ3) is 2.03. The summed E-state index contributed by atoms with van der Waals surface area (Å²) in [6, 6.07) is 20.0. The maximum Gasteiger partial charge on any atom is 0.263 e. The quantitative estimate of drug-likeness (QED) is 0.850. The lowest BCUT2D eigenvalue weighted by Crippen LogP contribution is -2.50. The van der Waals surface area contributed by atoms with E-state index in [9.17, 15) is 4.79 Å². The number of aliphatic imine (C=N–C) groups is 1. The molecule has 0 saturated heterocycles. The Balaban J connectivity index is 2.34. The van der Waals surface area contributed by atoms with E-state index in [2.05, 4.69) is 18.8 Å². The molecule has 1 amide bonds. The average molecular weight is 306 g/mol. The number of amides is 1. The summed E-state index contributed by atoms with van der Waals surface area (Å²) in [7, 11) is 3.89. The van der Waals surface area contributed by atoms with Gasteiger partial charge in [-0.15, -0.1) is 0 Å². The van der Waals surface area contributed by atoms with E-state index < -0.39 is 10.8 Å². The molecule has 118 valence electrons. The summed E-state index contributed by atoms with van der Waals surface area (Å²) in [5, 5.41) is 0. The number of carbonyl (C=O) groups is 1.